The van der Waals surface area contributed by atoms with Gasteiger partial charge in [-0.3, -0.25) is 4.79 Å². The molecule has 2 aliphatic heterocycles. The summed E-state index contributed by atoms with van der Waals surface area (Å²) in [5.74, 6) is 3.78. The molecule has 1 amide bonds. The highest BCUT2D eigenvalue weighted by molar-refractivity contribution is 5.76. The van der Waals surface area contributed by atoms with Crippen LogP contribution in [0.4, 0.5) is 0 Å². The molecule has 3 unspecified atom stereocenters. The van der Waals surface area contributed by atoms with E-state index in [0.717, 1.165) is 12.2 Å². The van der Waals surface area contributed by atoms with Crippen molar-refractivity contribution in [3.63, 3.8) is 0 Å². The zero-order valence-corrected chi connectivity index (χ0v) is 14.2. The maximum Gasteiger partial charge on any atom is 0.220 e. The summed E-state index contributed by atoms with van der Waals surface area (Å²) in [4.78, 5) is 12.2. The Labute approximate surface area is 142 Å². The molecule has 0 saturated carbocycles. The van der Waals surface area contributed by atoms with Crippen LogP contribution in [0, 0.1) is 12.3 Å². The summed E-state index contributed by atoms with van der Waals surface area (Å²) < 4.78 is 6.02. The molecule has 1 N–H and O–H groups in total. The zero-order valence-electron chi connectivity index (χ0n) is 14.2. The van der Waals surface area contributed by atoms with Gasteiger partial charge in [-0.1, -0.05) is 25.1 Å². The topological polar surface area (TPSA) is 63.0 Å². The minimum Gasteiger partial charge on any atom is -0.487 e. The summed E-state index contributed by atoms with van der Waals surface area (Å²) >= 11 is 0. The van der Waals surface area contributed by atoms with E-state index in [2.05, 4.69) is 34.5 Å². The van der Waals surface area contributed by atoms with Crippen LogP contribution in [0.5, 0.6) is 5.75 Å². The van der Waals surface area contributed by atoms with E-state index in [0.29, 0.717) is 19.3 Å². The van der Waals surface area contributed by atoms with Gasteiger partial charge in [0.15, 0.2) is 5.66 Å². The van der Waals surface area contributed by atoms with Gasteiger partial charge >= 0.3 is 0 Å². The monoisotopic (exact) mass is 325 g/mol. The van der Waals surface area contributed by atoms with E-state index >= 15 is 0 Å². The number of carbonyl (C=O) groups excluding carboxylic acids is 1. The van der Waals surface area contributed by atoms with Gasteiger partial charge in [-0.2, -0.15) is 10.2 Å². The minimum absolute atomic E-state index is 0.00615. The Hall–Kier alpha value is -2.35. The van der Waals surface area contributed by atoms with Crippen LogP contribution < -0.4 is 10.1 Å². The molecule has 3 atom stereocenters. The molecule has 3 rings (SSSR count). The molecule has 5 nitrogen and oxygen atoms in total. The van der Waals surface area contributed by atoms with Crippen molar-refractivity contribution in [2.45, 2.75) is 63.3 Å². The Balaban J connectivity index is 1.48. The van der Waals surface area contributed by atoms with Crippen molar-refractivity contribution in [2.75, 3.05) is 0 Å². The van der Waals surface area contributed by atoms with Crippen molar-refractivity contribution in [1.82, 2.24) is 5.32 Å². The van der Waals surface area contributed by atoms with E-state index in [-0.39, 0.29) is 24.0 Å². The number of nitrogens with one attached hydrogen (secondary N) is 1. The first-order valence-corrected chi connectivity index (χ1v) is 8.47. The van der Waals surface area contributed by atoms with E-state index < -0.39 is 5.66 Å². The van der Waals surface area contributed by atoms with Crippen LogP contribution in [-0.2, 0) is 4.79 Å². The van der Waals surface area contributed by atoms with Gasteiger partial charge in [0, 0.05) is 37.2 Å². The summed E-state index contributed by atoms with van der Waals surface area (Å²) in [6.45, 7) is 4.13. The third-order valence-electron chi connectivity index (χ3n) is 4.85. The summed E-state index contributed by atoms with van der Waals surface area (Å²) in [5, 5.41) is 11.2. The van der Waals surface area contributed by atoms with Gasteiger partial charge in [0.1, 0.15) is 11.9 Å². The third kappa shape index (κ3) is 3.43. The molecule has 2 aliphatic rings. The summed E-state index contributed by atoms with van der Waals surface area (Å²) in [7, 11) is 0. The maximum absolute atomic E-state index is 12.2. The molecule has 0 bridgehead atoms. The number of nitrogens with zero attached hydrogens (tertiary/aromatic N) is 2. The van der Waals surface area contributed by atoms with Crippen molar-refractivity contribution in [3.8, 4) is 18.1 Å². The van der Waals surface area contributed by atoms with Gasteiger partial charge in [0.2, 0.25) is 5.91 Å². The van der Waals surface area contributed by atoms with Crippen LogP contribution in [0.1, 0.15) is 51.0 Å². The summed E-state index contributed by atoms with van der Waals surface area (Å²) in [5.41, 5.74) is 0.799. The molecule has 0 saturated heterocycles. The predicted molar refractivity (Wildman–Crippen MR) is 91.8 cm³/mol. The first-order chi connectivity index (χ1) is 11.5. The second-order valence-electron chi connectivity index (χ2n) is 6.65. The number of amides is 1. The van der Waals surface area contributed by atoms with E-state index in [9.17, 15) is 4.79 Å². The van der Waals surface area contributed by atoms with Gasteiger partial charge in [-0.25, -0.2) is 0 Å². The van der Waals surface area contributed by atoms with Gasteiger partial charge in [0.05, 0.1) is 6.04 Å². The maximum atomic E-state index is 12.2. The highest BCUT2D eigenvalue weighted by Gasteiger charge is 2.40. The van der Waals surface area contributed by atoms with Gasteiger partial charge in [-0.15, -0.1) is 12.3 Å². The number of carbonyl (C=O) groups is 1. The molecule has 0 radical (unpaired) electrons. The highest BCUT2D eigenvalue weighted by Crippen LogP contribution is 2.39. The molecule has 0 fully saturated rings. The predicted octanol–water partition coefficient (Wildman–Crippen LogP) is 3.41. The molecule has 126 valence electrons. The van der Waals surface area contributed by atoms with Crippen LogP contribution >= 0.6 is 0 Å². The molecular weight excluding hydrogens is 302 g/mol. The van der Waals surface area contributed by atoms with Crippen LogP contribution in [0.15, 0.2) is 34.5 Å². The molecule has 1 aromatic carbocycles. The molecule has 0 aromatic heterocycles. The Bertz CT molecular complexity index is 686. The fraction of sp³-hybridized carbons (Fsp3) is 0.526. The number of hydrogen-bond acceptors (Lipinski definition) is 4. The van der Waals surface area contributed by atoms with Crippen molar-refractivity contribution in [2.24, 2.45) is 10.2 Å². The van der Waals surface area contributed by atoms with Crippen LogP contribution in [0.2, 0.25) is 0 Å². The van der Waals surface area contributed by atoms with Crippen molar-refractivity contribution < 1.29 is 9.53 Å². The highest BCUT2D eigenvalue weighted by atomic mass is 16.5. The first-order valence-electron chi connectivity index (χ1n) is 8.47. The van der Waals surface area contributed by atoms with E-state index in [1.54, 1.807) is 0 Å². The van der Waals surface area contributed by atoms with Crippen molar-refractivity contribution >= 4 is 5.91 Å². The molecule has 24 heavy (non-hydrogen) atoms. The zero-order chi connectivity index (χ0) is 17.2. The third-order valence-corrected chi connectivity index (χ3v) is 4.85. The number of fused-ring (bicyclic) bond motifs is 1. The SMILES string of the molecule is C#CCCC1(CCC(=O)NC(C)C2Oc3ccccc3C2C)N=N1. The number of terminal acetylenes is 1. The Kier molecular flexibility index (Phi) is 4.57. The van der Waals surface area contributed by atoms with Gasteiger partial charge in [-0.05, 0) is 13.0 Å². The number of rotatable bonds is 7. The second-order valence-corrected chi connectivity index (χ2v) is 6.65. The van der Waals surface area contributed by atoms with Gasteiger partial charge in [0.25, 0.3) is 0 Å². The van der Waals surface area contributed by atoms with E-state index in [4.69, 9.17) is 11.2 Å². The van der Waals surface area contributed by atoms with Crippen LogP contribution in [-0.4, -0.2) is 23.7 Å². The lowest BCUT2D eigenvalue weighted by atomic mass is 9.93. The number of ether oxygens (including phenoxy) is 1. The largest absolute Gasteiger partial charge is 0.487 e. The molecule has 0 aliphatic carbocycles. The fourth-order valence-electron chi connectivity index (χ4n) is 3.31. The van der Waals surface area contributed by atoms with E-state index in [1.165, 1.54) is 5.56 Å². The lowest BCUT2D eigenvalue weighted by molar-refractivity contribution is -0.122. The van der Waals surface area contributed by atoms with Crippen LogP contribution in [0.3, 0.4) is 0 Å². The fourth-order valence-corrected chi connectivity index (χ4v) is 3.31. The average Bonchev–Trinajstić information content (AvgIpc) is 3.28. The normalized spacial score (nSPS) is 23.7. The van der Waals surface area contributed by atoms with Gasteiger partial charge < -0.3 is 10.1 Å². The number of benzene rings is 1. The number of hydrogen-bond donors (Lipinski definition) is 1. The van der Waals surface area contributed by atoms with E-state index in [1.807, 2.05) is 25.1 Å². The Morgan fingerprint density at radius 2 is 2.17 bits per heavy atom. The molecule has 2 heterocycles. The lowest BCUT2D eigenvalue weighted by Gasteiger charge is -2.24. The van der Waals surface area contributed by atoms with Crippen molar-refractivity contribution in [3.05, 3.63) is 29.8 Å². The first kappa shape index (κ1) is 16.5. The molecule has 0 spiro atoms. The molecule has 5 heteroatoms. The quantitative estimate of drug-likeness (QED) is 0.781. The Morgan fingerprint density at radius 3 is 2.83 bits per heavy atom. The molecular formula is C19H23N3O2. The Morgan fingerprint density at radius 1 is 1.42 bits per heavy atom. The van der Waals surface area contributed by atoms with Crippen LogP contribution in [0.25, 0.3) is 0 Å². The van der Waals surface area contributed by atoms with Crippen molar-refractivity contribution in [1.29, 1.82) is 0 Å². The second kappa shape index (κ2) is 6.64. The number of para-hydroxylation sites is 1. The lowest BCUT2D eigenvalue weighted by Crippen LogP contribution is -2.44. The average molecular weight is 325 g/mol. The standard InChI is InChI=1S/C19H23N3O2/c1-4-5-11-19(21-22-19)12-10-17(23)20-14(3)18-13(2)15-8-6-7-9-16(15)24-18/h1,6-9,13-14,18H,5,10-12H2,2-3H3,(H,20,23). The molecule has 1 aromatic rings. The smallest absolute Gasteiger partial charge is 0.220 e. The minimum atomic E-state index is -0.402. The summed E-state index contributed by atoms with van der Waals surface area (Å²) in [6, 6.07) is 7.98. The summed E-state index contributed by atoms with van der Waals surface area (Å²) in [6.07, 6.45) is 7.61.